The van der Waals surface area contributed by atoms with Crippen molar-refractivity contribution in [3.05, 3.63) is 59.1 Å². The molecule has 2 aromatic carbocycles. The molecule has 0 bridgehead atoms. The van der Waals surface area contributed by atoms with E-state index < -0.39 is 0 Å². The topological polar surface area (TPSA) is 56.8 Å². The first-order valence-corrected chi connectivity index (χ1v) is 15.4. The Hall–Kier alpha value is -2.28. The lowest BCUT2D eigenvalue weighted by molar-refractivity contribution is -0.134. The standard InChI is InChI=1S/C32H45ClN4O2/c1-39-30-13-11-28(12-14-30)37(27-5-3-2-4-6-27)29-17-21-36(22-18-29)32(38)31(35-26-15-19-34-20-16-26)23-24-7-9-25(33)10-8-24/h7-14,26-27,29,31,34-35H,2-6,15-23H2,1H3. The van der Waals surface area contributed by atoms with Gasteiger partial charge in [0.25, 0.3) is 0 Å². The quantitative estimate of drug-likeness (QED) is 0.434. The molecule has 1 amide bonds. The molecule has 2 saturated heterocycles. The molecule has 1 aliphatic carbocycles. The van der Waals surface area contributed by atoms with Crippen LogP contribution in [0.1, 0.15) is 63.4 Å². The van der Waals surface area contributed by atoms with Crippen LogP contribution in [0.15, 0.2) is 48.5 Å². The second kappa shape index (κ2) is 13.9. The van der Waals surface area contributed by atoms with Crippen molar-refractivity contribution >= 4 is 23.2 Å². The van der Waals surface area contributed by atoms with Crippen LogP contribution in [0.3, 0.4) is 0 Å². The summed E-state index contributed by atoms with van der Waals surface area (Å²) in [5.74, 6) is 1.14. The van der Waals surface area contributed by atoms with Gasteiger partial charge in [-0.15, -0.1) is 0 Å². The largest absolute Gasteiger partial charge is 0.497 e. The van der Waals surface area contributed by atoms with Gasteiger partial charge in [0.15, 0.2) is 0 Å². The van der Waals surface area contributed by atoms with E-state index in [1.807, 2.05) is 12.1 Å². The van der Waals surface area contributed by atoms with Crippen LogP contribution >= 0.6 is 11.6 Å². The molecule has 39 heavy (non-hydrogen) atoms. The lowest BCUT2D eigenvalue weighted by Gasteiger charge is -2.45. The van der Waals surface area contributed by atoms with E-state index in [0.717, 1.165) is 68.2 Å². The molecule has 5 rings (SSSR count). The maximum atomic E-state index is 14.0. The van der Waals surface area contributed by atoms with E-state index >= 15 is 0 Å². The Kier molecular flexibility index (Phi) is 10.0. The predicted molar refractivity (Wildman–Crippen MR) is 160 cm³/mol. The minimum absolute atomic E-state index is 0.207. The highest BCUT2D eigenvalue weighted by Gasteiger charge is 2.34. The summed E-state index contributed by atoms with van der Waals surface area (Å²) in [6, 6.07) is 17.8. The van der Waals surface area contributed by atoms with E-state index in [2.05, 4.69) is 56.8 Å². The van der Waals surface area contributed by atoms with Gasteiger partial charge in [-0.25, -0.2) is 0 Å². The SMILES string of the molecule is COc1ccc(N(C2CCCCC2)C2CCN(C(=O)C(Cc3ccc(Cl)cc3)NC3CCNCC3)CC2)cc1. The fourth-order valence-corrected chi connectivity index (χ4v) is 6.89. The predicted octanol–water partition coefficient (Wildman–Crippen LogP) is 5.43. The maximum absolute atomic E-state index is 14.0. The minimum atomic E-state index is -0.207. The number of nitrogens with zero attached hydrogens (tertiary/aromatic N) is 2. The van der Waals surface area contributed by atoms with Crippen molar-refractivity contribution in [2.45, 2.75) is 88.4 Å². The third-order valence-corrected chi connectivity index (χ3v) is 9.19. The number of carbonyl (C=O) groups excluding carboxylic acids is 1. The molecule has 6 nitrogen and oxygen atoms in total. The third-order valence-electron chi connectivity index (χ3n) is 8.94. The van der Waals surface area contributed by atoms with Gasteiger partial charge in [-0.1, -0.05) is 43.0 Å². The Bertz CT molecular complexity index is 1030. The molecule has 0 spiro atoms. The number of ether oxygens (including phenoxy) is 1. The smallest absolute Gasteiger partial charge is 0.240 e. The minimum Gasteiger partial charge on any atom is -0.497 e. The summed E-state index contributed by atoms with van der Waals surface area (Å²) in [6.07, 6.45) is 11.3. The summed E-state index contributed by atoms with van der Waals surface area (Å²) in [4.78, 5) is 18.8. The third kappa shape index (κ3) is 7.47. The molecule has 0 aromatic heterocycles. The number of piperidine rings is 2. The Morgan fingerprint density at radius 3 is 2.23 bits per heavy atom. The number of methoxy groups -OCH3 is 1. The Labute approximate surface area is 239 Å². The van der Waals surface area contributed by atoms with E-state index in [4.69, 9.17) is 16.3 Å². The molecule has 1 atom stereocenters. The van der Waals surface area contributed by atoms with Crippen LogP contribution in [0.2, 0.25) is 5.02 Å². The molecular formula is C32H45ClN4O2. The summed E-state index contributed by atoms with van der Waals surface area (Å²) >= 11 is 6.13. The van der Waals surface area contributed by atoms with Gasteiger partial charge in [-0.2, -0.15) is 0 Å². The average Bonchev–Trinajstić information content (AvgIpc) is 2.99. The number of nitrogens with one attached hydrogen (secondary N) is 2. The maximum Gasteiger partial charge on any atom is 0.240 e. The molecule has 3 fully saturated rings. The van der Waals surface area contributed by atoms with Gasteiger partial charge in [0.2, 0.25) is 5.91 Å². The van der Waals surface area contributed by atoms with Crippen molar-refractivity contribution in [2.75, 3.05) is 38.2 Å². The number of likely N-dealkylation sites (tertiary alicyclic amines) is 1. The first kappa shape index (κ1) is 28.3. The number of amides is 1. The van der Waals surface area contributed by atoms with Gasteiger partial charge in [0, 0.05) is 41.9 Å². The van der Waals surface area contributed by atoms with Crippen molar-refractivity contribution in [3.63, 3.8) is 0 Å². The first-order chi connectivity index (χ1) is 19.1. The Morgan fingerprint density at radius 2 is 1.59 bits per heavy atom. The highest BCUT2D eigenvalue weighted by molar-refractivity contribution is 6.30. The van der Waals surface area contributed by atoms with Crippen LogP contribution in [0, 0.1) is 0 Å². The van der Waals surface area contributed by atoms with Crippen LogP contribution in [0.25, 0.3) is 0 Å². The van der Waals surface area contributed by atoms with Crippen molar-refractivity contribution < 1.29 is 9.53 Å². The van der Waals surface area contributed by atoms with Crippen LogP contribution in [0.5, 0.6) is 5.75 Å². The molecule has 0 radical (unpaired) electrons. The lowest BCUT2D eigenvalue weighted by Crippen LogP contribution is -2.56. The second-order valence-electron chi connectivity index (χ2n) is 11.5. The van der Waals surface area contributed by atoms with Crippen molar-refractivity contribution in [3.8, 4) is 5.75 Å². The molecule has 2 aromatic rings. The number of hydrogen-bond donors (Lipinski definition) is 2. The fourth-order valence-electron chi connectivity index (χ4n) is 6.76. The van der Waals surface area contributed by atoms with Crippen LogP contribution in [-0.4, -0.2) is 68.3 Å². The zero-order valence-electron chi connectivity index (χ0n) is 23.4. The first-order valence-electron chi connectivity index (χ1n) is 15.0. The van der Waals surface area contributed by atoms with Gasteiger partial charge in [0.1, 0.15) is 5.75 Å². The molecule has 3 aliphatic rings. The molecule has 7 heteroatoms. The number of benzene rings is 2. The molecular weight excluding hydrogens is 508 g/mol. The van der Waals surface area contributed by atoms with E-state index in [1.165, 1.54) is 37.8 Å². The van der Waals surface area contributed by atoms with Gasteiger partial charge in [-0.3, -0.25) is 4.79 Å². The molecule has 1 saturated carbocycles. The molecule has 2 aliphatic heterocycles. The number of hydrogen-bond acceptors (Lipinski definition) is 5. The Balaban J connectivity index is 1.27. The lowest BCUT2D eigenvalue weighted by atomic mass is 9.90. The summed E-state index contributed by atoms with van der Waals surface area (Å²) < 4.78 is 5.43. The monoisotopic (exact) mass is 552 g/mol. The fraction of sp³-hybridized carbons (Fsp3) is 0.594. The average molecular weight is 553 g/mol. The summed E-state index contributed by atoms with van der Waals surface area (Å²) in [6.45, 7) is 3.64. The number of rotatable bonds is 9. The number of halogens is 1. The normalized spacial score (nSPS) is 20.5. The number of anilines is 1. The van der Waals surface area contributed by atoms with Crippen molar-refractivity contribution in [1.29, 1.82) is 0 Å². The summed E-state index contributed by atoms with van der Waals surface area (Å²) in [5, 5.41) is 7.92. The van der Waals surface area contributed by atoms with Crippen molar-refractivity contribution in [2.24, 2.45) is 0 Å². The molecule has 212 valence electrons. The highest BCUT2D eigenvalue weighted by atomic mass is 35.5. The highest BCUT2D eigenvalue weighted by Crippen LogP contribution is 2.33. The number of carbonyl (C=O) groups is 1. The zero-order valence-corrected chi connectivity index (χ0v) is 24.2. The van der Waals surface area contributed by atoms with Crippen LogP contribution in [0.4, 0.5) is 5.69 Å². The van der Waals surface area contributed by atoms with Crippen LogP contribution in [-0.2, 0) is 11.2 Å². The second-order valence-corrected chi connectivity index (χ2v) is 12.0. The van der Waals surface area contributed by atoms with Gasteiger partial charge in [0.05, 0.1) is 13.2 Å². The van der Waals surface area contributed by atoms with E-state index in [-0.39, 0.29) is 11.9 Å². The molecule has 2 heterocycles. The van der Waals surface area contributed by atoms with Gasteiger partial charge >= 0.3 is 0 Å². The van der Waals surface area contributed by atoms with E-state index in [1.54, 1.807) is 7.11 Å². The summed E-state index contributed by atoms with van der Waals surface area (Å²) in [7, 11) is 1.72. The van der Waals surface area contributed by atoms with E-state index in [9.17, 15) is 4.79 Å². The molecule has 1 unspecified atom stereocenters. The van der Waals surface area contributed by atoms with Gasteiger partial charge < -0.3 is 25.2 Å². The van der Waals surface area contributed by atoms with Crippen molar-refractivity contribution in [1.82, 2.24) is 15.5 Å². The van der Waals surface area contributed by atoms with E-state index in [0.29, 0.717) is 24.5 Å². The molecule has 2 N–H and O–H groups in total. The van der Waals surface area contributed by atoms with Crippen LogP contribution < -0.4 is 20.3 Å². The Morgan fingerprint density at radius 1 is 0.949 bits per heavy atom. The van der Waals surface area contributed by atoms with Gasteiger partial charge in [-0.05, 0) is 100.0 Å². The zero-order chi connectivity index (χ0) is 27.0. The summed E-state index contributed by atoms with van der Waals surface area (Å²) in [5.41, 5.74) is 2.44.